The summed E-state index contributed by atoms with van der Waals surface area (Å²) in [7, 11) is -0.782. The summed E-state index contributed by atoms with van der Waals surface area (Å²) in [4.78, 5) is 29.9. The number of amides is 1. The lowest BCUT2D eigenvalue weighted by Crippen LogP contribution is -2.42. The van der Waals surface area contributed by atoms with E-state index in [1.54, 1.807) is 0 Å². The number of carbonyl (C=O) groups is 2. The van der Waals surface area contributed by atoms with E-state index in [2.05, 4.69) is 4.90 Å². The van der Waals surface area contributed by atoms with Crippen molar-refractivity contribution in [2.75, 3.05) is 53.5 Å². The van der Waals surface area contributed by atoms with Crippen molar-refractivity contribution in [1.29, 1.82) is 0 Å². The third-order valence-electron chi connectivity index (χ3n) is 6.32. The van der Waals surface area contributed by atoms with Crippen LogP contribution in [0, 0.1) is 0 Å². The number of nitrogens with zero attached hydrogens (tertiary/aromatic N) is 3. The van der Waals surface area contributed by atoms with Gasteiger partial charge in [-0.15, -0.1) is 0 Å². The second-order valence-corrected chi connectivity index (χ2v) is 10.8. The van der Waals surface area contributed by atoms with Gasteiger partial charge in [0.05, 0.1) is 29.7 Å². The maximum Gasteiger partial charge on any atom is 0.295 e. The van der Waals surface area contributed by atoms with E-state index in [1.165, 1.54) is 43.3 Å². The Hall–Kier alpha value is -3.05. The number of ketones is 1. The molecule has 0 aromatic heterocycles. The lowest BCUT2D eigenvalue weighted by atomic mass is 9.95. The monoisotopic (exact) mass is 499 g/mol. The molecule has 35 heavy (non-hydrogen) atoms. The zero-order valence-corrected chi connectivity index (χ0v) is 20.6. The van der Waals surface area contributed by atoms with E-state index in [1.807, 2.05) is 30.3 Å². The zero-order chi connectivity index (χ0) is 25.2. The molecule has 1 atom stereocenters. The molecule has 186 valence electrons. The number of Topliss-reactive ketones (excluding diaryl/α,β-unsaturated/α-hetero) is 1. The topological polar surface area (TPSA) is 107 Å². The van der Waals surface area contributed by atoms with Crippen LogP contribution in [0.25, 0.3) is 5.76 Å². The summed E-state index contributed by atoms with van der Waals surface area (Å²) >= 11 is 0. The second-order valence-electron chi connectivity index (χ2n) is 8.67. The fraction of sp³-hybridized carbons (Fsp3) is 0.360. The zero-order valence-electron chi connectivity index (χ0n) is 19.8. The van der Waals surface area contributed by atoms with Crippen LogP contribution >= 0.6 is 0 Å². The smallest absolute Gasteiger partial charge is 0.295 e. The lowest BCUT2D eigenvalue weighted by molar-refractivity contribution is -0.140. The van der Waals surface area contributed by atoms with E-state index >= 15 is 0 Å². The summed E-state index contributed by atoms with van der Waals surface area (Å²) in [6.45, 7) is 3.66. The van der Waals surface area contributed by atoms with Crippen LogP contribution < -0.4 is 0 Å². The lowest BCUT2D eigenvalue weighted by Gasteiger charge is -2.31. The Morgan fingerprint density at radius 2 is 1.63 bits per heavy atom. The number of aliphatic hydroxyl groups is 1. The summed E-state index contributed by atoms with van der Waals surface area (Å²) in [6.07, 6.45) is 0. The van der Waals surface area contributed by atoms with Crippen LogP contribution in [0.5, 0.6) is 0 Å². The van der Waals surface area contributed by atoms with Crippen molar-refractivity contribution in [3.63, 3.8) is 0 Å². The highest BCUT2D eigenvalue weighted by molar-refractivity contribution is 7.89. The van der Waals surface area contributed by atoms with Gasteiger partial charge in [0.2, 0.25) is 10.0 Å². The molecule has 2 aliphatic heterocycles. The molecule has 0 radical (unpaired) electrons. The van der Waals surface area contributed by atoms with Crippen molar-refractivity contribution >= 4 is 27.5 Å². The van der Waals surface area contributed by atoms with Gasteiger partial charge in [-0.05, 0) is 29.8 Å². The minimum absolute atomic E-state index is 0.00797. The number of sulfonamides is 1. The molecule has 1 amide bonds. The molecule has 2 aromatic rings. The van der Waals surface area contributed by atoms with Crippen molar-refractivity contribution in [1.82, 2.24) is 14.1 Å². The number of morpholine rings is 1. The molecule has 4 rings (SSSR count). The summed E-state index contributed by atoms with van der Waals surface area (Å²) < 4.78 is 31.2. The molecule has 0 aliphatic carbocycles. The Kier molecular flexibility index (Phi) is 7.36. The van der Waals surface area contributed by atoms with Crippen LogP contribution in [-0.4, -0.2) is 92.8 Å². The van der Waals surface area contributed by atoms with Crippen LogP contribution in [0.3, 0.4) is 0 Å². The van der Waals surface area contributed by atoms with Crippen molar-refractivity contribution in [3.8, 4) is 0 Å². The van der Waals surface area contributed by atoms with Gasteiger partial charge in [-0.2, -0.15) is 0 Å². The van der Waals surface area contributed by atoms with Crippen molar-refractivity contribution in [2.45, 2.75) is 10.9 Å². The molecular formula is C25H29N3O6S. The number of hydrogen-bond donors (Lipinski definition) is 1. The first-order chi connectivity index (χ1) is 16.7. The highest BCUT2D eigenvalue weighted by Gasteiger charge is 2.46. The predicted octanol–water partition coefficient (Wildman–Crippen LogP) is 1.69. The molecule has 0 unspecified atom stereocenters. The third-order valence-corrected chi connectivity index (χ3v) is 8.15. The second kappa shape index (κ2) is 10.3. The summed E-state index contributed by atoms with van der Waals surface area (Å²) in [5.74, 6) is -1.76. The molecule has 2 aliphatic rings. The summed E-state index contributed by atoms with van der Waals surface area (Å²) in [6, 6.07) is 14.0. The van der Waals surface area contributed by atoms with Gasteiger partial charge in [-0.3, -0.25) is 14.5 Å². The van der Waals surface area contributed by atoms with Crippen molar-refractivity contribution < 1.29 is 27.9 Å². The van der Waals surface area contributed by atoms with Crippen LogP contribution in [0.4, 0.5) is 0 Å². The van der Waals surface area contributed by atoms with Crippen LogP contribution in [0.2, 0.25) is 0 Å². The number of aliphatic hydroxyl groups excluding tert-OH is 1. The first-order valence-electron chi connectivity index (χ1n) is 11.4. The van der Waals surface area contributed by atoms with E-state index < -0.39 is 27.8 Å². The molecular weight excluding hydrogens is 470 g/mol. The Morgan fingerprint density at radius 1 is 1.00 bits per heavy atom. The van der Waals surface area contributed by atoms with Gasteiger partial charge < -0.3 is 14.7 Å². The largest absolute Gasteiger partial charge is 0.507 e. The van der Waals surface area contributed by atoms with Gasteiger partial charge in [0.25, 0.3) is 11.7 Å². The number of likely N-dealkylation sites (tertiary alicyclic amines) is 1. The fourth-order valence-corrected chi connectivity index (χ4v) is 5.22. The molecule has 0 saturated carbocycles. The highest BCUT2D eigenvalue weighted by Crippen LogP contribution is 2.39. The average molecular weight is 500 g/mol. The standard InChI is InChI=1S/C25H29N3O6S/c1-26(2)35(32,33)20-10-8-19(9-11-20)23(29)21-22(18-6-4-3-5-7-18)28(25(31)24(21)30)13-12-27-14-16-34-17-15-27/h3-11,22,29H,12-17H2,1-2H3/t22-/m0/s1. The third kappa shape index (κ3) is 5.01. The van der Waals surface area contributed by atoms with Crippen molar-refractivity contribution in [3.05, 3.63) is 71.3 Å². The van der Waals surface area contributed by atoms with Crippen molar-refractivity contribution in [2.24, 2.45) is 0 Å². The number of rotatable bonds is 7. The molecule has 2 saturated heterocycles. The Morgan fingerprint density at radius 3 is 2.23 bits per heavy atom. The molecule has 2 heterocycles. The highest BCUT2D eigenvalue weighted by atomic mass is 32.2. The van der Waals surface area contributed by atoms with E-state index in [-0.39, 0.29) is 21.8 Å². The quantitative estimate of drug-likeness (QED) is 0.351. The summed E-state index contributed by atoms with van der Waals surface area (Å²) in [5, 5.41) is 11.2. The van der Waals surface area contributed by atoms with E-state index in [0.29, 0.717) is 31.9 Å². The maximum absolute atomic E-state index is 13.1. The van der Waals surface area contributed by atoms with Gasteiger partial charge in [-0.1, -0.05) is 30.3 Å². The van der Waals surface area contributed by atoms with Gasteiger partial charge >= 0.3 is 0 Å². The van der Waals surface area contributed by atoms with Gasteiger partial charge in [0.1, 0.15) is 5.76 Å². The Bertz CT molecular complexity index is 1220. The maximum atomic E-state index is 13.1. The average Bonchev–Trinajstić information content (AvgIpc) is 3.13. The predicted molar refractivity (Wildman–Crippen MR) is 130 cm³/mol. The van der Waals surface area contributed by atoms with E-state index in [0.717, 1.165) is 17.4 Å². The van der Waals surface area contributed by atoms with Gasteiger partial charge in [-0.25, -0.2) is 12.7 Å². The van der Waals surface area contributed by atoms with Gasteiger partial charge in [0.15, 0.2) is 0 Å². The molecule has 10 heteroatoms. The minimum Gasteiger partial charge on any atom is -0.507 e. The molecule has 9 nitrogen and oxygen atoms in total. The first-order valence-corrected chi connectivity index (χ1v) is 12.8. The molecule has 0 spiro atoms. The fourth-order valence-electron chi connectivity index (χ4n) is 4.32. The number of hydrogen-bond acceptors (Lipinski definition) is 7. The van der Waals surface area contributed by atoms with Crippen LogP contribution in [0.15, 0.2) is 65.1 Å². The first kappa shape index (κ1) is 25.1. The van der Waals surface area contributed by atoms with Crippen LogP contribution in [0.1, 0.15) is 17.2 Å². The van der Waals surface area contributed by atoms with E-state index in [4.69, 9.17) is 4.74 Å². The Labute approximate surface area is 205 Å². The molecule has 2 aromatic carbocycles. The number of carbonyl (C=O) groups excluding carboxylic acids is 2. The number of benzene rings is 2. The Balaban J connectivity index is 1.71. The van der Waals surface area contributed by atoms with Crippen LogP contribution in [-0.2, 0) is 24.3 Å². The van der Waals surface area contributed by atoms with Gasteiger partial charge in [0, 0.05) is 45.8 Å². The molecule has 0 bridgehead atoms. The van der Waals surface area contributed by atoms with E-state index in [9.17, 15) is 23.1 Å². The molecule has 1 N–H and O–H groups in total. The summed E-state index contributed by atoms with van der Waals surface area (Å²) in [5.41, 5.74) is 0.961. The SMILES string of the molecule is CN(C)S(=O)(=O)c1ccc(C(O)=C2C(=O)C(=O)N(CCN3CCOCC3)[C@H]2c2ccccc2)cc1. The molecule has 2 fully saturated rings. The normalized spacial score (nSPS) is 21.1. The number of ether oxygens (including phenoxy) is 1. The minimum atomic E-state index is -3.65.